The van der Waals surface area contributed by atoms with Gasteiger partial charge >= 0.3 is 0 Å². The molecule has 0 bridgehead atoms. The van der Waals surface area contributed by atoms with Gasteiger partial charge in [0, 0.05) is 41.6 Å². The summed E-state index contributed by atoms with van der Waals surface area (Å²) in [5, 5.41) is 4.74. The number of aromatic amines is 1. The summed E-state index contributed by atoms with van der Waals surface area (Å²) < 4.78 is 0. The molecule has 1 spiro atoms. The highest BCUT2D eigenvalue weighted by atomic mass is 35.5. The van der Waals surface area contributed by atoms with Crippen LogP contribution in [0.4, 0.5) is 0 Å². The molecule has 0 radical (unpaired) electrons. The van der Waals surface area contributed by atoms with Crippen LogP contribution in [0.3, 0.4) is 0 Å². The van der Waals surface area contributed by atoms with Gasteiger partial charge in [0.15, 0.2) is 0 Å². The van der Waals surface area contributed by atoms with Crippen LogP contribution in [0.1, 0.15) is 41.6 Å². The van der Waals surface area contributed by atoms with E-state index >= 15 is 0 Å². The molecule has 1 amide bonds. The van der Waals surface area contributed by atoms with Gasteiger partial charge in [-0.05, 0) is 63.3 Å². The van der Waals surface area contributed by atoms with E-state index in [4.69, 9.17) is 0 Å². The average Bonchev–Trinajstić information content (AvgIpc) is 3.17. The second kappa shape index (κ2) is 7.24. The van der Waals surface area contributed by atoms with Crippen LogP contribution in [0.2, 0.25) is 0 Å². The largest absolute Gasteiger partial charge is 0.358 e. The zero-order valence-corrected chi connectivity index (χ0v) is 16.9. The van der Waals surface area contributed by atoms with Gasteiger partial charge in [0.1, 0.15) is 0 Å². The van der Waals surface area contributed by atoms with E-state index in [2.05, 4.69) is 48.1 Å². The van der Waals surface area contributed by atoms with Crippen LogP contribution < -0.4 is 5.32 Å². The molecule has 0 saturated carbocycles. The van der Waals surface area contributed by atoms with Crippen molar-refractivity contribution in [3.05, 3.63) is 34.5 Å². The molecule has 4 nitrogen and oxygen atoms in total. The summed E-state index contributed by atoms with van der Waals surface area (Å²) in [5.74, 6) is 0.288. The molecule has 2 aliphatic heterocycles. The number of piperidine rings is 1. The molecule has 3 heterocycles. The summed E-state index contributed by atoms with van der Waals surface area (Å²) >= 11 is 0. The van der Waals surface area contributed by atoms with Gasteiger partial charge in [-0.2, -0.15) is 0 Å². The van der Waals surface area contributed by atoms with Crippen molar-refractivity contribution in [3.8, 4) is 0 Å². The summed E-state index contributed by atoms with van der Waals surface area (Å²) in [7, 11) is 0. The summed E-state index contributed by atoms with van der Waals surface area (Å²) in [4.78, 5) is 18.7. The first-order valence-electron chi connectivity index (χ1n) is 9.55. The van der Waals surface area contributed by atoms with Crippen LogP contribution in [-0.2, 0) is 11.2 Å². The number of aryl methyl sites for hydroxylation is 3. The van der Waals surface area contributed by atoms with Crippen LogP contribution >= 0.6 is 12.4 Å². The second-order valence-corrected chi connectivity index (χ2v) is 8.20. The fraction of sp³-hybridized carbons (Fsp3) is 0.571. The van der Waals surface area contributed by atoms with Crippen LogP contribution in [0.15, 0.2) is 12.1 Å². The number of rotatable bonds is 2. The predicted molar refractivity (Wildman–Crippen MR) is 109 cm³/mol. The number of benzene rings is 1. The van der Waals surface area contributed by atoms with E-state index in [1.807, 2.05) is 0 Å². The maximum atomic E-state index is 13.1. The van der Waals surface area contributed by atoms with Gasteiger partial charge in [-0.25, -0.2) is 0 Å². The second-order valence-electron chi connectivity index (χ2n) is 8.20. The predicted octanol–water partition coefficient (Wildman–Crippen LogP) is 3.66. The van der Waals surface area contributed by atoms with Crippen molar-refractivity contribution in [1.82, 2.24) is 15.2 Å². The normalized spacial score (nSPS) is 22.8. The number of aromatic nitrogens is 1. The van der Waals surface area contributed by atoms with Crippen molar-refractivity contribution in [2.24, 2.45) is 5.41 Å². The standard InChI is InChI=1S/C21H29N3O.ClH/c1-14-5-6-15(2)20-19(14)17(16(3)23-20)11-18(25)24-10-4-7-21(13-24)8-9-22-12-21;/h5-6,22-23H,4,7-13H2,1-3H3;1H. The maximum Gasteiger partial charge on any atom is 0.227 e. The number of halogens is 1. The molecule has 2 aromatic rings. The van der Waals surface area contributed by atoms with Gasteiger partial charge in [-0.3, -0.25) is 4.79 Å². The van der Waals surface area contributed by atoms with Gasteiger partial charge in [-0.1, -0.05) is 12.1 Å². The minimum absolute atomic E-state index is 0. The third-order valence-corrected chi connectivity index (χ3v) is 6.36. The molecule has 4 rings (SSSR count). The van der Waals surface area contributed by atoms with E-state index in [-0.39, 0.29) is 18.3 Å². The summed E-state index contributed by atoms with van der Waals surface area (Å²) in [6, 6.07) is 4.32. The zero-order valence-electron chi connectivity index (χ0n) is 16.1. The van der Waals surface area contributed by atoms with E-state index in [1.165, 1.54) is 40.4 Å². The number of hydrogen-bond donors (Lipinski definition) is 2. The Kier molecular flexibility index (Phi) is 5.36. The smallest absolute Gasteiger partial charge is 0.227 e. The van der Waals surface area contributed by atoms with Crippen molar-refractivity contribution >= 4 is 29.2 Å². The molecule has 142 valence electrons. The molecule has 0 aliphatic carbocycles. The topological polar surface area (TPSA) is 48.1 Å². The number of H-pyrrole nitrogens is 1. The number of carbonyl (C=O) groups is 1. The van der Waals surface area contributed by atoms with Crippen LogP contribution in [0, 0.1) is 26.2 Å². The van der Waals surface area contributed by atoms with Gasteiger partial charge in [0.2, 0.25) is 5.91 Å². The van der Waals surface area contributed by atoms with Gasteiger partial charge in [0.05, 0.1) is 6.42 Å². The number of hydrogen-bond acceptors (Lipinski definition) is 2. The molecule has 1 aromatic heterocycles. The number of nitrogens with zero attached hydrogens (tertiary/aromatic N) is 1. The summed E-state index contributed by atoms with van der Waals surface area (Å²) in [6.45, 7) is 10.4. The lowest BCUT2D eigenvalue weighted by Gasteiger charge is -2.40. The minimum atomic E-state index is 0. The van der Waals surface area contributed by atoms with E-state index in [0.717, 1.165) is 38.3 Å². The first-order chi connectivity index (χ1) is 12.0. The van der Waals surface area contributed by atoms with E-state index in [1.54, 1.807) is 0 Å². The first kappa shape index (κ1) is 19.2. The average molecular weight is 376 g/mol. The highest BCUT2D eigenvalue weighted by molar-refractivity contribution is 5.93. The van der Waals surface area contributed by atoms with Crippen molar-refractivity contribution in [1.29, 1.82) is 0 Å². The van der Waals surface area contributed by atoms with Crippen molar-refractivity contribution in [3.63, 3.8) is 0 Å². The van der Waals surface area contributed by atoms with Crippen molar-refractivity contribution in [2.45, 2.75) is 46.5 Å². The Balaban J connectivity index is 0.00000196. The van der Waals surface area contributed by atoms with Crippen LogP contribution in [0.25, 0.3) is 10.9 Å². The number of amides is 1. The minimum Gasteiger partial charge on any atom is -0.358 e. The lowest BCUT2D eigenvalue weighted by Crippen LogP contribution is -2.47. The first-order valence-corrected chi connectivity index (χ1v) is 9.55. The van der Waals surface area contributed by atoms with Gasteiger partial charge in [0.25, 0.3) is 0 Å². The molecule has 1 aromatic carbocycles. The Morgan fingerprint density at radius 1 is 1.19 bits per heavy atom. The van der Waals surface area contributed by atoms with Gasteiger partial charge in [-0.15, -0.1) is 12.4 Å². The maximum absolute atomic E-state index is 13.1. The van der Waals surface area contributed by atoms with Gasteiger partial charge < -0.3 is 15.2 Å². The Morgan fingerprint density at radius 3 is 2.69 bits per heavy atom. The monoisotopic (exact) mass is 375 g/mol. The Bertz CT molecular complexity index is 820. The molecule has 2 saturated heterocycles. The Morgan fingerprint density at radius 2 is 1.96 bits per heavy atom. The summed E-state index contributed by atoms with van der Waals surface area (Å²) in [6.07, 6.45) is 4.12. The van der Waals surface area contributed by atoms with Crippen molar-refractivity contribution < 1.29 is 4.79 Å². The number of fused-ring (bicyclic) bond motifs is 1. The number of nitrogens with one attached hydrogen (secondary N) is 2. The molecule has 1 atom stereocenters. The molecular formula is C21H30ClN3O. The Labute approximate surface area is 162 Å². The fourth-order valence-corrected chi connectivity index (χ4v) is 4.86. The highest BCUT2D eigenvalue weighted by Crippen LogP contribution is 2.36. The summed E-state index contributed by atoms with van der Waals surface area (Å²) in [5.41, 5.74) is 6.34. The molecule has 2 aliphatic rings. The van der Waals surface area contributed by atoms with Crippen LogP contribution in [-0.4, -0.2) is 42.0 Å². The third kappa shape index (κ3) is 3.25. The van der Waals surface area contributed by atoms with E-state index in [9.17, 15) is 4.79 Å². The molecule has 2 fully saturated rings. The number of carbonyl (C=O) groups excluding carboxylic acids is 1. The molecular weight excluding hydrogens is 346 g/mol. The van der Waals surface area contributed by atoms with E-state index in [0.29, 0.717) is 11.8 Å². The van der Waals surface area contributed by atoms with E-state index < -0.39 is 0 Å². The lowest BCUT2D eigenvalue weighted by atomic mass is 9.79. The molecule has 26 heavy (non-hydrogen) atoms. The van der Waals surface area contributed by atoms with Crippen LogP contribution in [0.5, 0.6) is 0 Å². The third-order valence-electron chi connectivity index (χ3n) is 6.36. The lowest BCUT2D eigenvalue weighted by molar-refractivity contribution is -0.133. The quantitative estimate of drug-likeness (QED) is 0.841. The van der Waals surface area contributed by atoms with Crippen molar-refractivity contribution in [2.75, 3.05) is 26.2 Å². The fourth-order valence-electron chi connectivity index (χ4n) is 4.86. The Hall–Kier alpha value is -1.52. The SMILES string of the molecule is Cc1[nH]c2c(C)ccc(C)c2c1CC(=O)N1CCCC2(CCNC2)C1.Cl. The molecule has 1 unspecified atom stereocenters. The highest BCUT2D eigenvalue weighted by Gasteiger charge is 2.39. The zero-order chi connectivity index (χ0) is 17.6. The number of likely N-dealkylation sites (tertiary alicyclic amines) is 1. The molecule has 5 heteroatoms. The molecule has 2 N–H and O–H groups in total.